The fourth-order valence-corrected chi connectivity index (χ4v) is 3.87. The van der Waals surface area contributed by atoms with Crippen LogP contribution in [0.4, 0.5) is 0 Å². The predicted octanol–water partition coefficient (Wildman–Crippen LogP) is 1.34. The summed E-state index contributed by atoms with van der Waals surface area (Å²) in [5.74, 6) is -0.210. The average molecular weight is 377 g/mol. The van der Waals surface area contributed by atoms with Crippen molar-refractivity contribution in [3.05, 3.63) is 24.0 Å². The number of likely N-dealkylation sites (N-methyl/N-ethyl adjacent to an activating group) is 1. The quantitative estimate of drug-likeness (QED) is 0.730. The minimum atomic E-state index is -0.460. The standard InChI is InChI=1S/C20H32N4O3/c1-15(2)23-11-7-16(8-12-23)27-13-5-9-21-19(25)18-14-24-10-4-6-17(24)20(26)22(18)3/h4,6,10,15-16,18H,5,7-9,11-14H2,1-3H3,(H,21,25). The van der Waals surface area contributed by atoms with Crippen LogP contribution in [-0.4, -0.2) is 77.7 Å². The molecule has 1 aromatic heterocycles. The second kappa shape index (κ2) is 8.89. The molecule has 1 N–H and O–H groups in total. The Morgan fingerprint density at radius 1 is 1.33 bits per heavy atom. The third kappa shape index (κ3) is 4.71. The van der Waals surface area contributed by atoms with Crippen molar-refractivity contribution < 1.29 is 14.3 Å². The number of nitrogens with one attached hydrogen (secondary N) is 1. The molecule has 3 heterocycles. The molecule has 0 aliphatic carbocycles. The van der Waals surface area contributed by atoms with Crippen molar-refractivity contribution in [1.29, 1.82) is 0 Å². The number of likely N-dealkylation sites (tertiary alicyclic amines) is 1. The van der Waals surface area contributed by atoms with E-state index in [0.717, 1.165) is 32.4 Å². The number of amides is 2. The predicted molar refractivity (Wildman–Crippen MR) is 104 cm³/mol. The summed E-state index contributed by atoms with van der Waals surface area (Å²) in [7, 11) is 1.69. The Kier molecular flexibility index (Phi) is 6.55. The highest BCUT2D eigenvalue weighted by molar-refractivity contribution is 5.97. The second-order valence-electron chi connectivity index (χ2n) is 7.82. The fourth-order valence-electron chi connectivity index (χ4n) is 3.87. The minimum absolute atomic E-state index is 0.101. The van der Waals surface area contributed by atoms with Gasteiger partial charge >= 0.3 is 0 Å². The molecule has 7 nitrogen and oxygen atoms in total. The third-order valence-corrected chi connectivity index (χ3v) is 5.69. The van der Waals surface area contributed by atoms with Gasteiger partial charge in [-0.1, -0.05) is 0 Å². The lowest BCUT2D eigenvalue weighted by Gasteiger charge is -2.34. The fraction of sp³-hybridized carbons (Fsp3) is 0.700. The largest absolute Gasteiger partial charge is 0.378 e. The highest BCUT2D eigenvalue weighted by atomic mass is 16.5. The van der Waals surface area contributed by atoms with E-state index in [2.05, 4.69) is 24.1 Å². The Labute approximate surface area is 161 Å². The molecule has 0 spiro atoms. The summed E-state index contributed by atoms with van der Waals surface area (Å²) in [5, 5.41) is 2.95. The Balaban J connectivity index is 1.34. The first-order valence-electron chi connectivity index (χ1n) is 10.0. The van der Waals surface area contributed by atoms with Crippen LogP contribution >= 0.6 is 0 Å². The molecule has 150 valence electrons. The van der Waals surface area contributed by atoms with E-state index in [1.54, 1.807) is 13.1 Å². The first-order chi connectivity index (χ1) is 13.0. The van der Waals surface area contributed by atoms with E-state index in [1.807, 2.05) is 16.8 Å². The Hall–Kier alpha value is -1.86. The number of carbonyl (C=O) groups is 2. The van der Waals surface area contributed by atoms with Crippen LogP contribution in [0.1, 0.15) is 43.6 Å². The number of piperidine rings is 1. The van der Waals surface area contributed by atoms with Crippen molar-refractivity contribution in [2.45, 2.75) is 57.8 Å². The number of fused-ring (bicyclic) bond motifs is 1. The summed E-state index contributed by atoms with van der Waals surface area (Å²) in [5.41, 5.74) is 0.637. The smallest absolute Gasteiger partial charge is 0.270 e. The maximum Gasteiger partial charge on any atom is 0.270 e. The number of aromatic nitrogens is 1. The van der Waals surface area contributed by atoms with Gasteiger partial charge in [-0.05, 0) is 45.2 Å². The lowest BCUT2D eigenvalue weighted by atomic mass is 10.1. The van der Waals surface area contributed by atoms with Crippen LogP contribution in [0.5, 0.6) is 0 Å². The summed E-state index contributed by atoms with van der Waals surface area (Å²) in [6.45, 7) is 8.40. The van der Waals surface area contributed by atoms with Crippen LogP contribution in [0, 0.1) is 0 Å². The lowest BCUT2D eigenvalue weighted by Crippen LogP contribution is -2.53. The Bertz CT molecular complexity index is 649. The van der Waals surface area contributed by atoms with Crippen molar-refractivity contribution in [2.75, 3.05) is 33.3 Å². The number of hydrogen-bond donors (Lipinski definition) is 1. The van der Waals surface area contributed by atoms with Gasteiger partial charge in [0.15, 0.2) is 0 Å². The Morgan fingerprint density at radius 3 is 2.78 bits per heavy atom. The SMILES string of the molecule is CC(C)N1CCC(OCCCNC(=O)C2Cn3cccc3C(=O)N2C)CC1. The second-order valence-corrected chi connectivity index (χ2v) is 7.82. The number of hydrogen-bond acceptors (Lipinski definition) is 4. The van der Waals surface area contributed by atoms with E-state index >= 15 is 0 Å². The summed E-state index contributed by atoms with van der Waals surface area (Å²) in [6.07, 6.45) is 5.14. The summed E-state index contributed by atoms with van der Waals surface area (Å²) < 4.78 is 7.81. The first-order valence-corrected chi connectivity index (χ1v) is 10.0. The van der Waals surface area contributed by atoms with Gasteiger partial charge in [0.2, 0.25) is 5.91 Å². The van der Waals surface area contributed by atoms with E-state index in [9.17, 15) is 9.59 Å². The van der Waals surface area contributed by atoms with Gasteiger partial charge in [-0.3, -0.25) is 9.59 Å². The van der Waals surface area contributed by atoms with Crippen molar-refractivity contribution in [1.82, 2.24) is 19.7 Å². The van der Waals surface area contributed by atoms with Crippen LogP contribution in [0.3, 0.4) is 0 Å². The van der Waals surface area contributed by atoms with E-state index in [0.29, 0.717) is 37.5 Å². The van der Waals surface area contributed by atoms with E-state index in [-0.39, 0.29) is 11.8 Å². The molecular weight excluding hydrogens is 344 g/mol. The van der Waals surface area contributed by atoms with Crippen LogP contribution in [-0.2, 0) is 16.1 Å². The zero-order valence-electron chi connectivity index (χ0n) is 16.7. The summed E-state index contributed by atoms with van der Waals surface area (Å²) in [6, 6.07) is 3.77. The van der Waals surface area contributed by atoms with Crippen molar-refractivity contribution in [3.63, 3.8) is 0 Å². The minimum Gasteiger partial charge on any atom is -0.378 e. The zero-order chi connectivity index (χ0) is 19.4. The number of carbonyl (C=O) groups excluding carboxylic acids is 2. The molecule has 2 aliphatic rings. The molecule has 0 bridgehead atoms. The Morgan fingerprint density at radius 2 is 2.07 bits per heavy atom. The zero-order valence-corrected chi connectivity index (χ0v) is 16.7. The van der Waals surface area contributed by atoms with E-state index in [4.69, 9.17) is 4.74 Å². The third-order valence-electron chi connectivity index (χ3n) is 5.69. The van der Waals surface area contributed by atoms with Crippen molar-refractivity contribution in [3.8, 4) is 0 Å². The van der Waals surface area contributed by atoms with Crippen LogP contribution in [0.25, 0.3) is 0 Å². The van der Waals surface area contributed by atoms with Gasteiger partial charge in [-0.25, -0.2) is 0 Å². The highest BCUT2D eigenvalue weighted by Gasteiger charge is 2.33. The lowest BCUT2D eigenvalue weighted by molar-refractivity contribution is -0.126. The molecular formula is C20H32N4O3. The van der Waals surface area contributed by atoms with Crippen LogP contribution in [0.2, 0.25) is 0 Å². The molecule has 3 rings (SSSR count). The molecule has 7 heteroatoms. The first kappa shape index (κ1) is 19.9. The van der Waals surface area contributed by atoms with Crippen molar-refractivity contribution >= 4 is 11.8 Å². The molecule has 1 aromatic rings. The van der Waals surface area contributed by atoms with Gasteiger partial charge in [0.05, 0.1) is 12.6 Å². The van der Waals surface area contributed by atoms with Gasteiger partial charge in [-0.2, -0.15) is 0 Å². The van der Waals surface area contributed by atoms with E-state index in [1.165, 1.54) is 4.90 Å². The molecule has 2 amide bonds. The van der Waals surface area contributed by atoms with Gasteiger partial charge in [-0.15, -0.1) is 0 Å². The van der Waals surface area contributed by atoms with Gasteiger partial charge in [0.1, 0.15) is 11.7 Å². The molecule has 0 aromatic carbocycles. The molecule has 1 unspecified atom stereocenters. The van der Waals surface area contributed by atoms with Gasteiger partial charge in [0, 0.05) is 45.5 Å². The molecule has 0 saturated carbocycles. The van der Waals surface area contributed by atoms with E-state index < -0.39 is 6.04 Å². The molecule has 1 fully saturated rings. The highest BCUT2D eigenvalue weighted by Crippen LogP contribution is 2.17. The maximum atomic E-state index is 12.5. The van der Waals surface area contributed by atoms with Crippen LogP contribution < -0.4 is 5.32 Å². The summed E-state index contributed by atoms with van der Waals surface area (Å²) >= 11 is 0. The summed E-state index contributed by atoms with van der Waals surface area (Å²) in [4.78, 5) is 28.8. The average Bonchev–Trinajstić information content (AvgIpc) is 3.13. The van der Waals surface area contributed by atoms with Crippen LogP contribution in [0.15, 0.2) is 18.3 Å². The molecule has 27 heavy (non-hydrogen) atoms. The van der Waals surface area contributed by atoms with Gasteiger partial charge < -0.3 is 24.4 Å². The topological polar surface area (TPSA) is 66.8 Å². The maximum absolute atomic E-state index is 12.5. The number of ether oxygens (including phenoxy) is 1. The van der Waals surface area contributed by atoms with Gasteiger partial charge in [0.25, 0.3) is 5.91 Å². The number of rotatable bonds is 7. The molecule has 0 radical (unpaired) electrons. The molecule has 2 aliphatic heterocycles. The monoisotopic (exact) mass is 376 g/mol. The normalized spacial score (nSPS) is 21.6. The molecule has 1 atom stereocenters. The van der Waals surface area contributed by atoms with Crippen molar-refractivity contribution in [2.24, 2.45) is 0 Å². The number of nitrogens with zero attached hydrogens (tertiary/aromatic N) is 3. The molecule has 1 saturated heterocycles.